The highest BCUT2D eigenvalue weighted by Gasteiger charge is 2.18. The normalized spacial score (nSPS) is 20.9. The fourth-order valence-corrected chi connectivity index (χ4v) is 2.69. The first-order chi connectivity index (χ1) is 10.0. The van der Waals surface area contributed by atoms with E-state index < -0.39 is 6.10 Å². The smallest absolute Gasteiger partial charge is 0.0897 e. The Balaban J connectivity index is 1.99. The van der Waals surface area contributed by atoms with Crippen LogP contribution in [0.5, 0.6) is 0 Å². The Bertz CT molecular complexity index is 252. The van der Waals surface area contributed by atoms with Gasteiger partial charge in [0.2, 0.25) is 0 Å². The molecule has 1 saturated heterocycles. The van der Waals surface area contributed by atoms with Gasteiger partial charge in [0.05, 0.1) is 25.4 Å². The lowest BCUT2D eigenvalue weighted by molar-refractivity contribution is -0.0168. The van der Waals surface area contributed by atoms with Gasteiger partial charge in [0.25, 0.3) is 0 Å². The summed E-state index contributed by atoms with van der Waals surface area (Å²) in [6.07, 6.45) is 7.12. The van der Waals surface area contributed by atoms with Crippen molar-refractivity contribution in [2.45, 2.75) is 71.5 Å². The van der Waals surface area contributed by atoms with E-state index in [4.69, 9.17) is 9.47 Å². The van der Waals surface area contributed by atoms with E-state index in [9.17, 15) is 5.11 Å². The minimum atomic E-state index is -0.433. The van der Waals surface area contributed by atoms with Crippen LogP contribution in [0.15, 0.2) is 0 Å². The van der Waals surface area contributed by atoms with Crippen LogP contribution in [-0.2, 0) is 9.47 Å². The van der Waals surface area contributed by atoms with Gasteiger partial charge in [0, 0.05) is 19.7 Å². The van der Waals surface area contributed by atoms with Gasteiger partial charge < -0.3 is 19.9 Å². The highest BCUT2D eigenvalue weighted by atomic mass is 16.5. The number of unbranched alkanes of at least 4 members (excludes halogenated alkanes) is 2. The molecule has 0 spiro atoms. The number of hydrogen-bond acceptors (Lipinski definition) is 4. The standard InChI is InChI=1S/C17H35NO3/c1-4-5-6-9-17(2,3)14-18-11-15(19)12-20-13-16-8-7-10-21-16/h15-16,18-19H,4-14H2,1-3H3. The Morgan fingerprint density at radius 3 is 2.86 bits per heavy atom. The van der Waals surface area contributed by atoms with Gasteiger partial charge in [-0.1, -0.05) is 40.0 Å². The number of aliphatic hydroxyl groups excluding tert-OH is 1. The van der Waals surface area contributed by atoms with Crippen LogP contribution in [0.1, 0.15) is 59.3 Å². The molecule has 0 radical (unpaired) electrons. The zero-order valence-corrected chi connectivity index (χ0v) is 14.2. The average molecular weight is 301 g/mol. The summed E-state index contributed by atoms with van der Waals surface area (Å²) in [7, 11) is 0. The Morgan fingerprint density at radius 1 is 1.38 bits per heavy atom. The van der Waals surface area contributed by atoms with Crippen LogP contribution in [-0.4, -0.2) is 50.2 Å². The van der Waals surface area contributed by atoms with Crippen LogP contribution in [0, 0.1) is 5.41 Å². The van der Waals surface area contributed by atoms with Gasteiger partial charge in [-0.05, 0) is 24.7 Å². The Hall–Kier alpha value is -0.160. The molecule has 0 aromatic carbocycles. The monoisotopic (exact) mass is 301 g/mol. The predicted molar refractivity (Wildman–Crippen MR) is 86.6 cm³/mol. The van der Waals surface area contributed by atoms with Crippen molar-refractivity contribution >= 4 is 0 Å². The second kappa shape index (κ2) is 10.5. The van der Waals surface area contributed by atoms with Gasteiger partial charge >= 0.3 is 0 Å². The first kappa shape index (κ1) is 18.9. The summed E-state index contributed by atoms with van der Waals surface area (Å²) in [4.78, 5) is 0. The van der Waals surface area contributed by atoms with E-state index >= 15 is 0 Å². The Morgan fingerprint density at radius 2 is 2.19 bits per heavy atom. The lowest BCUT2D eigenvalue weighted by Gasteiger charge is -2.26. The van der Waals surface area contributed by atoms with E-state index in [1.807, 2.05) is 0 Å². The highest BCUT2D eigenvalue weighted by Crippen LogP contribution is 2.22. The van der Waals surface area contributed by atoms with E-state index in [1.165, 1.54) is 25.7 Å². The molecule has 126 valence electrons. The molecule has 21 heavy (non-hydrogen) atoms. The van der Waals surface area contributed by atoms with Crippen molar-refractivity contribution in [2.24, 2.45) is 5.41 Å². The van der Waals surface area contributed by atoms with Crippen molar-refractivity contribution in [3.05, 3.63) is 0 Å². The van der Waals surface area contributed by atoms with Crippen molar-refractivity contribution in [2.75, 3.05) is 32.9 Å². The fraction of sp³-hybridized carbons (Fsp3) is 1.00. The van der Waals surface area contributed by atoms with Crippen molar-refractivity contribution in [1.29, 1.82) is 0 Å². The number of aliphatic hydroxyl groups is 1. The average Bonchev–Trinajstić information content (AvgIpc) is 2.92. The lowest BCUT2D eigenvalue weighted by Crippen LogP contribution is -2.37. The fourth-order valence-electron chi connectivity index (χ4n) is 2.69. The molecular formula is C17H35NO3. The highest BCUT2D eigenvalue weighted by molar-refractivity contribution is 4.73. The molecule has 0 aromatic rings. The second-order valence-corrected chi connectivity index (χ2v) is 7.08. The van der Waals surface area contributed by atoms with Crippen molar-refractivity contribution in [1.82, 2.24) is 5.32 Å². The van der Waals surface area contributed by atoms with Gasteiger partial charge in [-0.15, -0.1) is 0 Å². The van der Waals surface area contributed by atoms with Crippen LogP contribution in [0.4, 0.5) is 0 Å². The molecule has 0 amide bonds. The third-order valence-electron chi connectivity index (χ3n) is 4.08. The summed E-state index contributed by atoms with van der Waals surface area (Å²) in [6, 6.07) is 0. The molecular weight excluding hydrogens is 266 g/mol. The molecule has 1 heterocycles. The van der Waals surface area contributed by atoms with Crippen LogP contribution in [0.25, 0.3) is 0 Å². The second-order valence-electron chi connectivity index (χ2n) is 7.08. The molecule has 2 N–H and O–H groups in total. The first-order valence-electron chi connectivity index (χ1n) is 8.61. The van der Waals surface area contributed by atoms with Gasteiger partial charge in [-0.2, -0.15) is 0 Å². The Labute approximate surface area is 130 Å². The van der Waals surface area contributed by atoms with E-state index in [-0.39, 0.29) is 6.10 Å². The molecule has 0 bridgehead atoms. The van der Waals surface area contributed by atoms with Crippen LogP contribution >= 0.6 is 0 Å². The lowest BCUT2D eigenvalue weighted by atomic mass is 9.87. The molecule has 0 saturated carbocycles. The van der Waals surface area contributed by atoms with Gasteiger partial charge in [0.1, 0.15) is 0 Å². The SMILES string of the molecule is CCCCCC(C)(C)CNCC(O)COCC1CCCO1. The maximum Gasteiger partial charge on any atom is 0.0897 e. The maximum absolute atomic E-state index is 9.91. The quantitative estimate of drug-likeness (QED) is 0.544. The largest absolute Gasteiger partial charge is 0.389 e. The van der Waals surface area contributed by atoms with Gasteiger partial charge in [-0.25, -0.2) is 0 Å². The molecule has 1 aliphatic heterocycles. The first-order valence-corrected chi connectivity index (χ1v) is 8.61. The number of ether oxygens (including phenoxy) is 2. The molecule has 0 aliphatic carbocycles. The van der Waals surface area contributed by atoms with E-state index in [1.54, 1.807) is 0 Å². The molecule has 0 aromatic heterocycles. The van der Waals surface area contributed by atoms with E-state index in [2.05, 4.69) is 26.1 Å². The van der Waals surface area contributed by atoms with Crippen molar-refractivity contribution in [3.63, 3.8) is 0 Å². The summed E-state index contributed by atoms with van der Waals surface area (Å²) in [5.41, 5.74) is 0.299. The molecule has 2 atom stereocenters. The Kier molecular flexibility index (Phi) is 9.49. The molecule has 1 rings (SSSR count). The molecule has 4 heteroatoms. The van der Waals surface area contributed by atoms with Crippen LogP contribution in [0.2, 0.25) is 0 Å². The summed E-state index contributed by atoms with van der Waals surface area (Å²) in [5, 5.41) is 13.3. The summed E-state index contributed by atoms with van der Waals surface area (Å²) < 4.78 is 11.0. The molecule has 2 unspecified atom stereocenters. The minimum absolute atomic E-state index is 0.239. The summed E-state index contributed by atoms with van der Waals surface area (Å²) in [6.45, 7) is 10.2. The number of nitrogens with one attached hydrogen (secondary N) is 1. The molecule has 1 fully saturated rings. The molecule has 1 aliphatic rings. The maximum atomic E-state index is 9.91. The van der Waals surface area contributed by atoms with Crippen LogP contribution in [0.3, 0.4) is 0 Å². The van der Waals surface area contributed by atoms with E-state index in [0.29, 0.717) is 25.2 Å². The third-order valence-corrected chi connectivity index (χ3v) is 4.08. The van der Waals surface area contributed by atoms with Crippen molar-refractivity contribution < 1.29 is 14.6 Å². The van der Waals surface area contributed by atoms with Crippen molar-refractivity contribution in [3.8, 4) is 0 Å². The van der Waals surface area contributed by atoms with Crippen LogP contribution < -0.4 is 5.32 Å². The molecule has 4 nitrogen and oxygen atoms in total. The summed E-state index contributed by atoms with van der Waals surface area (Å²) >= 11 is 0. The van der Waals surface area contributed by atoms with Gasteiger partial charge in [-0.3, -0.25) is 0 Å². The zero-order chi connectivity index (χ0) is 15.6. The minimum Gasteiger partial charge on any atom is -0.389 e. The third kappa shape index (κ3) is 9.46. The number of rotatable bonds is 12. The van der Waals surface area contributed by atoms with E-state index in [0.717, 1.165) is 26.0 Å². The topological polar surface area (TPSA) is 50.7 Å². The van der Waals surface area contributed by atoms with Gasteiger partial charge in [0.15, 0.2) is 0 Å². The predicted octanol–water partition coefficient (Wildman–Crippen LogP) is 2.74. The zero-order valence-electron chi connectivity index (χ0n) is 14.2. The number of hydrogen-bond donors (Lipinski definition) is 2. The summed E-state index contributed by atoms with van der Waals surface area (Å²) in [5.74, 6) is 0.